The van der Waals surface area contributed by atoms with Crippen LogP contribution in [0.4, 0.5) is 0 Å². The monoisotopic (exact) mass is 1390 g/mol. The molecule has 7 heteroatoms. The second-order valence-corrected chi connectivity index (χ2v) is 29.2. The van der Waals surface area contributed by atoms with Crippen molar-refractivity contribution in [1.29, 1.82) is 0 Å². The van der Waals surface area contributed by atoms with Crippen LogP contribution in [0.25, 0.3) is 178 Å². The van der Waals surface area contributed by atoms with Gasteiger partial charge in [0.2, 0.25) is 0 Å². The summed E-state index contributed by atoms with van der Waals surface area (Å²) in [6, 6.07) is 94.1. The number of hydrogen-bond donors (Lipinski definition) is 0. The average molecular weight is 1400 g/mol. The quantitative estimate of drug-likeness (QED) is 0.112. The van der Waals surface area contributed by atoms with Crippen LogP contribution in [0.5, 0.6) is 0 Å². The molecule has 13 aromatic carbocycles. The lowest BCUT2D eigenvalue weighted by Gasteiger charge is -2.22. The van der Waals surface area contributed by atoms with Crippen LogP contribution in [0, 0.1) is 13.8 Å². The zero-order valence-electron chi connectivity index (χ0n) is 61.4. The van der Waals surface area contributed by atoms with Crippen molar-refractivity contribution in [1.82, 2.24) is 27.4 Å². The Morgan fingerprint density at radius 3 is 1.32 bits per heavy atom. The summed E-state index contributed by atoms with van der Waals surface area (Å²) in [5.74, 6) is 0.609. The minimum Gasteiger partial charge on any atom is -0.335 e. The molecule has 0 saturated heterocycles. The van der Waals surface area contributed by atoms with Crippen molar-refractivity contribution in [3.63, 3.8) is 0 Å². The molecule has 7 nitrogen and oxygen atoms in total. The Balaban J connectivity index is 0.000000114. The maximum Gasteiger partial charge on any atom is 0.257 e. The van der Waals surface area contributed by atoms with Gasteiger partial charge in [-0.2, -0.15) is 0 Å². The Kier molecular flexibility index (Phi) is 16.7. The fraction of sp³-hybridized carbons (Fsp3) is 0.0990. The SMILES string of the molecule is C=Cc1ccc(-n2c3ccccc3c3c4c(ccc32)c2cc(C)ccc2n4C(=O)C(=C)C)cc1.C=Cc1ccc(-n2c3ccccc3c3c4c(ccc32)c2cc(C3CCCCC3)ccc2n4C=C)cc1.C=Cc1ccc(Cn2c3ccccc3c3ccc4c(c5ccc(C)cc5n4-c4ccc(C=C)cc4)c32)cc1. The van der Waals surface area contributed by atoms with Crippen LogP contribution >= 0.6 is 0 Å². The van der Waals surface area contributed by atoms with E-state index in [4.69, 9.17) is 0 Å². The van der Waals surface area contributed by atoms with Crippen molar-refractivity contribution < 1.29 is 4.79 Å². The molecule has 0 aliphatic heterocycles. The molecule has 0 bridgehead atoms. The van der Waals surface area contributed by atoms with Crippen LogP contribution in [0.2, 0.25) is 0 Å². The van der Waals surface area contributed by atoms with E-state index in [-0.39, 0.29) is 5.91 Å². The standard InChI is InChI=1S/C36H28N2.C34H30N2.C31H24N2O/c1-4-25-11-13-27(14-12-25)23-37-32-9-7-6-8-29(32)30-20-21-33-35(36(30)37)31-19-10-24(3)22-34(31)38(33)28-17-15-26(5-2)16-18-28;1-3-23-14-17-26(18-15-23)36-31-13-9-8-12-28(31)33-32(36)21-19-27-29-22-25(24-10-6-5-7-11-24)16-20-30(29)35(4-2)34(27)33;1-5-21-11-13-22(14-12-21)32-26-9-7-6-8-24(26)29-28(32)17-15-23-25-18-20(4)10-16-27(25)33(30(23)29)31(34)19(2)3/h4-22H,1-2,23H2,3H3;3-4,8-9,12-22,24H,1-2,5-7,10-11H2;5-18H,1-2H2,3-4H3. The number of aromatic nitrogens is 6. The third kappa shape index (κ3) is 10.9. The zero-order chi connectivity index (χ0) is 73.6. The second-order valence-electron chi connectivity index (χ2n) is 29.2. The van der Waals surface area contributed by atoms with E-state index < -0.39 is 0 Å². The number of carbonyl (C=O) groups is 1. The summed E-state index contributed by atoms with van der Waals surface area (Å²) < 4.78 is 13.7. The average Bonchev–Trinajstić information content (AvgIpc) is 1.56. The second kappa shape index (κ2) is 27.0. The van der Waals surface area contributed by atoms with Crippen molar-refractivity contribution in [2.45, 2.75) is 65.3 Å². The first kappa shape index (κ1) is 66.7. The predicted octanol–water partition coefficient (Wildman–Crippen LogP) is 27.3. The third-order valence-corrected chi connectivity index (χ3v) is 22.7. The first-order valence-corrected chi connectivity index (χ1v) is 37.6. The Bertz CT molecular complexity index is 6940. The highest BCUT2D eigenvalue weighted by atomic mass is 16.2. The molecule has 6 aromatic heterocycles. The fourth-order valence-electron chi connectivity index (χ4n) is 17.5. The highest BCUT2D eigenvalue weighted by molar-refractivity contribution is 6.30. The van der Waals surface area contributed by atoms with Gasteiger partial charge in [-0.15, -0.1) is 0 Å². The largest absolute Gasteiger partial charge is 0.335 e. The van der Waals surface area contributed by atoms with E-state index in [0.29, 0.717) is 11.5 Å². The molecule has 108 heavy (non-hydrogen) atoms. The Morgan fingerprint density at radius 1 is 0.370 bits per heavy atom. The van der Waals surface area contributed by atoms with Gasteiger partial charge in [0.15, 0.2) is 0 Å². The molecule has 1 aliphatic carbocycles. The number of fused-ring (bicyclic) bond motifs is 21. The highest BCUT2D eigenvalue weighted by Gasteiger charge is 2.26. The van der Waals surface area contributed by atoms with E-state index in [9.17, 15) is 4.79 Å². The molecule has 0 N–H and O–H groups in total. The van der Waals surface area contributed by atoms with Crippen molar-refractivity contribution in [2.75, 3.05) is 0 Å². The molecular weight excluding hydrogens is 1310 g/mol. The van der Waals surface area contributed by atoms with E-state index >= 15 is 0 Å². The molecule has 0 amide bonds. The van der Waals surface area contributed by atoms with Crippen LogP contribution in [0.1, 0.15) is 94.2 Å². The van der Waals surface area contributed by atoms with Crippen LogP contribution in [-0.4, -0.2) is 33.3 Å². The molecule has 1 fully saturated rings. The number of rotatable bonds is 12. The maximum absolute atomic E-state index is 13.5. The highest BCUT2D eigenvalue weighted by Crippen LogP contribution is 2.46. The molecule has 19 aromatic rings. The lowest BCUT2D eigenvalue weighted by molar-refractivity contribution is 0.0965. The van der Waals surface area contributed by atoms with Crippen LogP contribution in [0.15, 0.2) is 306 Å². The van der Waals surface area contributed by atoms with Crippen molar-refractivity contribution in [3.8, 4) is 17.1 Å². The summed E-state index contributed by atoms with van der Waals surface area (Å²) in [5.41, 5.74) is 27.5. The number of hydrogen-bond acceptors (Lipinski definition) is 1. The van der Waals surface area contributed by atoms with Gasteiger partial charge in [-0.3, -0.25) is 9.36 Å². The van der Waals surface area contributed by atoms with Crippen LogP contribution < -0.4 is 0 Å². The number of benzene rings is 13. The van der Waals surface area contributed by atoms with E-state index in [0.717, 1.165) is 89.5 Å². The molecule has 522 valence electrons. The number of carbonyl (C=O) groups excluding carboxylic acids is 1. The number of para-hydroxylation sites is 3. The van der Waals surface area contributed by atoms with Crippen molar-refractivity contribution in [2.24, 2.45) is 0 Å². The van der Waals surface area contributed by atoms with E-state index in [1.54, 1.807) is 6.92 Å². The van der Waals surface area contributed by atoms with Gasteiger partial charge >= 0.3 is 0 Å². The number of aryl methyl sites for hydroxylation is 2. The smallest absolute Gasteiger partial charge is 0.257 e. The van der Waals surface area contributed by atoms with Gasteiger partial charge < -0.3 is 22.8 Å². The fourth-order valence-corrected chi connectivity index (χ4v) is 17.5. The van der Waals surface area contributed by atoms with Gasteiger partial charge in [0.25, 0.3) is 5.91 Å². The van der Waals surface area contributed by atoms with Gasteiger partial charge in [-0.25, -0.2) is 0 Å². The summed E-state index contributed by atoms with van der Waals surface area (Å²) in [5, 5.41) is 14.7. The first-order chi connectivity index (χ1) is 52.9. The molecule has 0 radical (unpaired) electrons. The molecule has 0 unspecified atom stereocenters. The minimum absolute atomic E-state index is 0.0801. The summed E-state index contributed by atoms with van der Waals surface area (Å²) in [6.45, 7) is 30.7. The summed E-state index contributed by atoms with van der Waals surface area (Å²) in [6.07, 6.45) is 16.2. The molecule has 1 saturated carbocycles. The maximum atomic E-state index is 13.5. The topological polar surface area (TPSA) is 46.6 Å². The molecule has 1 aliphatic rings. The van der Waals surface area contributed by atoms with E-state index in [1.807, 2.05) is 41.1 Å². The van der Waals surface area contributed by atoms with Gasteiger partial charge in [0, 0.05) is 106 Å². The van der Waals surface area contributed by atoms with Crippen LogP contribution in [0.3, 0.4) is 0 Å². The molecule has 0 spiro atoms. The summed E-state index contributed by atoms with van der Waals surface area (Å²) in [7, 11) is 0. The molecule has 6 heterocycles. The zero-order valence-corrected chi connectivity index (χ0v) is 61.4. The summed E-state index contributed by atoms with van der Waals surface area (Å²) >= 11 is 0. The first-order valence-electron chi connectivity index (χ1n) is 37.6. The Hall–Kier alpha value is -13.2. The lowest BCUT2D eigenvalue weighted by Crippen LogP contribution is -2.10. The van der Waals surface area contributed by atoms with Gasteiger partial charge in [-0.1, -0.05) is 246 Å². The van der Waals surface area contributed by atoms with Gasteiger partial charge in [0.05, 0.1) is 60.7 Å². The normalized spacial score (nSPS) is 12.7. The van der Waals surface area contributed by atoms with Gasteiger partial charge in [-0.05, 0) is 182 Å². The van der Waals surface area contributed by atoms with E-state index in [2.05, 4.69) is 331 Å². The molecule has 20 rings (SSSR count). The third-order valence-electron chi connectivity index (χ3n) is 22.7. The molecular formula is C101H82N6O. The van der Waals surface area contributed by atoms with Gasteiger partial charge in [0.1, 0.15) is 0 Å². The van der Waals surface area contributed by atoms with Crippen molar-refractivity contribution in [3.05, 3.63) is 350 Å². The number of nitrogens with zero attached hydrogens (tertiary/aromatic N) is 6. The Labute approximate surface area is 628 Å². The Morgan fingerprint density at radius 2 is 0.787 bits per heavy atom. The van der Waals surface area contributed by atoms with E-state index in [1.165, 1.54) is 142 Å². The van der Waals surface area contributed by atoms with Crippen molar-refractivity contribution >= 4 is 167 Å². The minimum atomic E-state index is -0.0801. The number of allylic oxidation sites excluding steroid dienone is 1. The van der Waals surface area contributed by atoms with Crippen LogP contribution in [-0.2, 0) is 6.54 Å². The summed E-state index contributed by atoms with van der Waals surface area (Å²) in [4.78, 5) is 13.5. The lowest BCUT2D eigenvalue weighted by atomic mass is 9.84. The molecule has 0 atom stereocenters. The predicted molar refractivity (Wildman–Crippen MR) is 464 cm³/mol.